The van der Waals surface area contributed by atoms with Gasteiger partial charge in [-0.3, -0.25) is 4.79 Å². The first kappa shape index (κ1) is 16.6. The Morgan fingerprint density at radius 3 is 2.52 bits per heavy atom. The van der Waals surface area contributed by atoms with Crippen LogP contribution in [0, 0.1) is 0 Å². The summed E-state index contributed by atoms with van der Waals surface area (Å²) in [6.45, 7) is -2.41. The lowest BCUT2D eigenvalue weighted by Gasteiger charge is -2.09. The Hall–Kier alpha value is -2.45. The lowest BCUT2D eigenvalue weighted by molar-refractivity contribution is -0.140. The van der Waals surface area contributed by atoms with Crippen LogP contribution in [0.15, 0.2) is 18.2 Å². The third-order valence-corrected chi connectivity index (χ3v) is 2.25. The molecule has 0 saturated carbocycles. The number of esters is 1. The number of ether oxygens (including phenoxy) is 2. The third-order valence-electron chi connectivity index (χ3n) is 2.25. The number of amides is 1. The van der Waals surface area contributed by atoms with E-state index in [0.29, 0.717) is 5.75 Å². The molecular formula is C12H12F3NO5. The highest BCUT2D eigenvalue weighted by atomic mass is 19.4. The molecule has 0 spiro atoms. The van der Waals surface area contributed by atoms with Gasteiger partial charge in [-0.05, 0) is 12.1 Å². The smallest absolute Gasteiger partial charge is 0.405 e. The van der Waals surface area contributed by atoms with E-state index in [9.17, 15) is 27.9 Å². The van der Waals surface area contributed by atoms with Crippen molar-refractivity contribution in [3.8, 4) is 11.5 Å². The summed E-state index contributed by atoms with van der Waals surface area (Å²) in [5, 5.41) is 11.1. The van der Waals surface area contributed by atoms with Crippen molar-refractivity contribution in [1.82, 2.24) is 5.32 Å². The molecule has 21 heavy (non-hydrogen) atoms. The van der Waals surface area contributed by atoms with Gasteiger partial charge in [0, 0.05) is 6.07 Å². The number of halogens is 3. The molecular weight excluding hydrogens is 295 g/mol. The van der Waals surface area contributed by atoms with Crippen LogP contribution in [-0.2, 0) is 9.53 Å². The first-order valence-electron chi connectivity index (χ1n) is 5.60. The van der Waals surface area contributed by atoms with Crippen LogP contribution in [0.5, 0.6) is 11.5 Å². The molecule has 0 heterocycles. The number of benzene rings is 1. The number of nitrogens with one attached hydrogen (secondary N) is 1. The number of hydrogen-bond donors (Lipinski definition) is 2. The van der Waals surface area contributed by atoms with Gasteiger partial charge in [0.05, 0.1) is 7.11 Å². The first-order valence-corrected chi connectivity index (χ1v) is 5.60. The average molecular weight is 307 g/mol. The van der Waals surface area contributed by atoms with Crippen LogP contribution >= 0.6 is 0 Å². The minimum atomic E-state index is -4.55. The van der Waals surface area contributed by atoms with Gasteiger partial charge in [-0.25, -0.2) is 4.79 Å². The molecule has 6 nitrogen and oxygen atoms in total. The van der Waals surface area contributed by atoms with Crippen LogP contribution in [0.2, 0.25) is 0 Å². The molecule has 116 valence electrons. The van der Waals surface area contributed by atoms with E-state index in [2.05, 4.69) is 4.74 Å². The highest BCUT2D eigenvalue weighted by molar-refractivity contribution is 5.94. The van der Waals surface area contributed by atoms with Crippen LogP contribution in [0.3, 0.4) is 0 Å². The number of phenolic OH excluding ortho intramolecular Hbond substituents is 1. The SMILES string of the molecule is COc1ccc(C(=O)OCC(=O)NCC(F)(F)F)c(O)c1. The van der Waals surface area contributed by atoms with Crippen molar-refractivity contribution in [1.29, 1.82) is 0 Å². The van der Waals surface area contributed by atoms with Crippen LogP contribution in [0.25, 0.3) is 0 Å². The van der Waals surface area contributed by atoms with Crippen molar-refractivity contribution in [3.63, 3.8) is 0 Å². The minimum absolute atomic E-state index is 0.237. The topological polar surface area (TPSA) is 84.9 Å². The van der Waals surface area contributed by atoms with E-state index in [1.54, 1.807) is 0 Å². The summed E-state index contributed by atoms with van der Waals surface area (Å²) in [4.78, 5) is 22.6. The van der Waals surface area contributed by atoms with Crippen molar-refractivity contribution in [2.45, 2.75) is 6.18 Å². The summed E-state index contributed by atoms with van der Waals surface area (Å²) in [7, 11) is 1.36. The van der Waals surface area contributed by atoms with Crippen molar-refractivity contribution >= 4 is 11.9 Å². The zero-order valence-electron chi connectivity index (χ0n) is 10.9. The van der Waals surface area contributed by atoms with Crippen molar-refractivity contribution < 1.29 is 37.3 Å². The maximum atomic E-state index is 11.8. The van der Waals surface area contributed by atoms with Crippen molar-refractivity contribution in [2.24, 2.45) is 0 Å². The first-order chi connectivity index (χ1) is 9.73. The van der Waals surface area contributed by atoms with Gasteiger partial charge < -0.3 is 19.9 Å². The number of phenols is 1. The van der Waals surface area contributed by atoms with Gasteiger partial charge in [-0.1, -0.05) is 0 Å². The number of methoxy groups -OCH3 is 1. The lowest BCUT2D eigenvalue weighted by Crippen LogP contribution is -2.36. The van der Waals surface area contributed by atoms with Gasteiger partial charge in [0.1, 0.15) is 23.6 Å². The van der Waals surface area contributed by atoms with Crippen LogP contribution in [0.1, 0.15) is 10.4 Å². The standard InChI is InChI=1S/C12H12F3NO5/c1-20-7-2-3-8(9(17)4-7)11(19)21-5-10(18)16-6-12(13,14)15/h2-4,17H,5-6H2,1H3,(H,16,18). The van der Waals surface area contributed by atoms with Gasteiger partial charge in [0.2, 0.25) is 0 Å². The summed E-state index contributed by atoms with van der Waals surface area (Å²) in [5.41, 5.74) is -0.237. The monoisotopic (exact) mass is 307 g/mol. The molecule has 0 bridgehead atoms. The number of rotatable bonds is 5. The Morgan fingerprint density at radius 1 is 1.33 bits per heavy atom. The van der Waals surface area contributed by atoms with Gasteiger partial charge in [-0.2, -0.15) is 13.2 Å². The molecule has 1 aromatic rings. The molecule has 1 rings (SSSR count). The van der Waals surface area contributed by atoms with Gasteiger partial charge in [-0.15, -0.1) is 0 Å². The molecule has 0 saturated heterocycles. The summed E-state index contributed by atoms with van der Waals surface area (Å²) >= 11 is 0. The second-order valence-corrected chi connectivity index (χ2v) is 3.85. The number of aromatic hydroxyl groups is 1. The number of carbonyl (C=O) groups excluding carboxylic acids is 2. The molecule has 0 aliphatic heterocycles. The van der Waals surface area contributed by atoms with E-state index in [0.717, 1.165) is 6.07 Å². The van der Waals surface area contributed by atoms with E-state index in [4.69, 9.17) is 4.74 Å². The van der Waals surface area contributed by atoms with Crippen molar-refractivity contribution in [2.75, 3.05) is 20.3 Å². The van der Waals surface area contributed by atoms with E-state index in [-0.39, 0.29) is 5.56 Å². The highest BCUT2D eigenvalue weighted by Gasteiger charge is 2.27. The van der Waals surface area contributed by atoms with Gasteiger partial charge in [0.25, 0.3) is 5.91 Å². The zero-order valence-corrected chi connectivity index (χ0v) is 10.9. The molecule has 0 fully saturated rings. The molecule has 1 amide bonds. The number of hydrogen-bond acceptors (Lipinski definition) is 5. The van der Waals surface area contributed by atoms with E-state index in [1.807, 2.05) is 0 Å². The zero-order chi connectivity index (χ0) is 16.0. The molecule has 0 radical (unpaired) electrons. The van der Waals surface area contributed by atoms with Crippen molar-refractivity contribution in [3.05, 3.63) is 23.8 Å². The minimum Gasteiger partial charge on any atom is -0.507 e. The molecule has 0 unspecified atom stereocenters. The lowest BCUT2D eigenvalue weighted by atomic mass is 10.2. The van der Waals surface area contributed by atoms with E-state index in [1.165, 1.54) is 24.6 Å². The van der Waals surface area contributed by atoms with Crippen LogP contribution < -0.4 is 10.1 Å². The predicted octanol–water partition coefficient (Wildman–Crippen LogP) is 1.24. The number of carbonyl (C=O) groups is 2. The molecule has 2 N–H and O–H groups in total. The molecule has 9 heteroatoms. The van der Waals surface area contributed by atoms with Crippen LogP contribution in [-0.4, -0.2) is 43.4 Å². The van der Waals surface area contributed by atoms with E-state index >= 15 is 0 Å². The molecule has 0 atom stereocenters. The second kappa shape index (κ2) is 6.82. The fourth-order valence-corrected chi connectivity index (χ4v) is 1.27. The molecule has 0 aromatic heterocycles. The molecule has 0 aliphatic carbocycles. The summed E-state index contributed by atoms with van der Waals surface area (Å²) < 4.78 is 44.8. The Kier molecular flexibility index (Phi) is 5.39. The Morgan fingerprint density at radius 2 is 2.00 bits per heavy atom. The Bertz CT molecular complexity index is 530. The maximum absolute atomic E-state index is 11.8. The average Bonchev–Trinajstić information content (AvgIpc) is 2.41. The van der Waals surface area contributed by atoms with E-state index < -0.39 is 37.0 Å². The third kappa shape index (κ3) is 5.59. The summed E-state index contributed by atoms with van der Waals surface area (Å²) in [5.74, 6) is -2.28. The highest BCUT2D eigenvalue weighted by Crippen LogP contribution is 2.23. The number of alkyl halides is 3. The Balaban J connectivity index is 2.52. The van der Waals surface area contributed by atoms with Crippen LogP contribution in [0.4, 0.5) is 13.2 Å². The van der Waals surface area contributed by atoms with Gasteiger partial charge in [0.15, 0.2) is 6.61 Å². The largest absolute Gasteiger partial charge is 0.507 e. The van der Waals surface area contributed by atoms with Gasteiger partial charge >= 0.3 is 12.1 Å². The molecule has 0 aliphatic rings. The second-order valence-electron chi connectivity index (χ2n) is 3.85. The quantitative estimate of drug-likeness (QED) is 0.799. The molecule has 1 aromatic carbocycles. The summed E-state index contributed by atoms with van der Waals surface area (Å²) in [6.07, 6.45) is -4.55. The summed E-state index contributed by atoms with van der Waals surface area (Å²) in [6, 6.07) is 3.73. The maximum Gasteiger partial charge on any atom is 0.405 e. The fourth-order valence-electron chi connectivity index (χ4n) is 1.27. The predicted molar refractivity (Wildman–Crippen MR) is 64.0 cm³/mol. The fraction of sp³-hybridized carbons (Fsp3) is 0.333. The normalized spacial score (nSPS) is 10.9. The Labute approximate surface area is 117 Å².